The van der Waals surface area contributed by atoms with Crippen molar-refractivity contribution in [2.75, 3.05) is 31.7 Å². The number of anilines is 1. The topological polar surface area (TPSA) is 61.7 Å². The first-order valence-corrected chi connectivity index (χ1v) is 6.95. The lowest BCUT2D eigenvalue weighted by Crippen LogP contribution is -2.03. The Morgan fingerprint density at radius 1 is 0.900 bits per heavy atom. The van der Waals surface area contributed by atoms with Gasteiger partial charge in [-0.05, 0) is 41.5 Å². The molecule has 0 spiro atoms. The minimum absolute atomic E-state index is 0.145. The SMILES string of the molecule is OCCCNc1ccc2ccc(OCCCO)cc2c1. The summed E-state index contributed by atoms with van der Waals surface area (Å²) in [7, 11) is 0. The fraction of sp³-hybridized carbons (Fsp3) is 0.375. The van der Waals surface area contributed by atoms with Crippen molar-refractivity contribution in [1.82, 2.24) is 0 Å². The summed E-state index contributed by atoms with van der Waals surface area (Å²) < 4.78 is 5.58. The molecule has 0 saturated heterocycles. The minimum atomic E-state index is 0.145. The molecular weight excluding hydrogens is 254 g/mol. The molecule has 0 amide bonds. The first kappa shape index (κ1) is 14.6. The van der Waals surface area contributed by atoms with E-state index in [2.05, 4.69) is 17.4 Å². The Morgan fingerprint density at radius 3 is 2.50 bits per heavy atom. The highest BCUT2D eigenvalue weighted by molar-refractivity contribution is 5.86. The van der Waals surface area contributed by atoms with Crippen molar-refractivity contribution in [2.24, 2.45) is 0 Å². The molecule has 0 fully saturated rings. The third kappa shape index (κ3) is 4.11. The van der Waals surface area contributed by atoms with Crippen LogP contribution in [0, 0.1) is 0 Å². The lowest BCUT2D eigenvalue weighted by Gasteiger charge is -2.09. The number of aliphatic hydroxyl groups is 2. The average Bonchev–Trinajstić information content (AvgIpc) is 2.47. The molecule has 0 aliphatic rings. The van der Waals surface area contributed by atoms with Gasteiger partial charge in [-0.1, -0.05) is 12.1 Å². The molecule has 0 aliphatic heterocycles. The van der Waals surface area contributed by atoms with Crippen LogP contribution in [0.15, 0.2) is 36.4 Å². The molecule has 0 atom stereocenters. The highest BCUT2D eigenvalue weighted by Crippen LogP contribution is 2.24. The van der Waals surface area contributed by atoms with Crippen molar-refractivity contribution in [3.63, 3.8) is 0 Å². The number of aliphatic hydroxyl groups excluding tert-OH is 2. The van der Waals surface area contributed by atoms with Crippen LogP contribution in [0.1, 0.15) is 12.8 Å². The van der Waals surface area contributed by atoms with Crippen LogP contribution in [0.5, 0.6) is 5.75 Å². The van der Waals surface area contributed by atoms with Crippen molar-refractivity contribution in [2.45, 2.75) is 12.8 Å². The van der Waals surface area contributed by atoms with Gasteiger partial charge < -0.3 is 20.3 Å². The van der Waals surface area contributed by atoms with Gasteiger partial charge in [-0.25, -0.2) is 0 Å². The van der Waals surface area contributed by atoms with Crippen LogP contribution in [-0.2, 0) is 0 Å². The third-order valence-electron chi connectivity index (χ3n) is 3.05. The Morgan fingerprint density at radius 2 is 1.70 bits per heavy atom. The second kappa shape index (κ2) is 7.72. The molecule has 20 heavy (non-hydrogen) atoms. The van der Waals surface area contributed by atoms with Crippen LogP contribution >= 0.6 is 0 Å². The smallest absolute Gasteiger partial charge is 0.119 e. The van der Waals surface area contributed by atoms with Gasteiger partial charge >= 0.3 is 0 Å². The van der Waals surface area contributed by atoms with Crippen LogP contribution < -0.4 is 10.1 Å². The Hall–Kier alpha value is -1.78. The summed E-state index contributed by atoms with van der Waals surface area (Å²) in [6, 6.07) is 12.1. The zero-order valence-electron chi connectivity index (χ0n) is 11.5. The molecule has 0 aromatic heterocycles. The summed E-state index contributed by atoms with van der Waals surface area (Å²) in [6.07, 6.45) is 1.38. The number of ether oxygens (including phenoxy) is 1. The van der Waals surface area contributed by atoms with Crippen molar-refractivity contribution in [3.8, 4) is 5.75 Å². The molecule has 2 rings (SSSR count). The molecule has 0 bridgehead atoms. The van der Waals surface area contributed by atoms with Gasteiger partial charge in [0.2, 0.25) is 0 Å². The standard InChI is InChI=1S/C16H21NO3/c18-8-1-7-17-15-5-3-13-4-6-16(12-14(13)11-15)20-10-2-9-19/h3-6,11-12,17-19H,1-2,7-10H2. The maximum Gasteiger partial charge on any atom is 0.119 e. The number of nitrogens with one attached hydrogen (secondary N) is 1. The molecule has 0 radical (unpaired) electrons. The van der Waals surface area contributed by atoms with Crippen molar-refractivity contribution < 1.29 is 14.9 Å². The normalized spacial score (nSPS) is 10.7. The van der Waals surface area contributed by atoms with E-state index in [1.807, 2.05) is 24.3 Å². The number of fused-ring (bicyclic) bond motifs is 1. The average molecular weight is 275 g/mol. The fourth-order valence-electron chi connectivity index (χ4n) is 1.99. The second-order valence-corrected chi connectivity index (χ2v) is 4.65. The van der Waals surface area contributed by atoms with Crippen molar-refractivity contribution in [1.29, 1.82) is 0 Å². The molecular formula is C16H21NO3. The number of hydrogen-bond acceptors (Lipinski definition) is 4. The molecule has 0 heterocycles. The van der Waals surface area contributed by atoms with E-state index in [4.69, 9.17) is 14.9 Å². The van der Waals surface area contributed by atoms with Gasteiger partial charge in [0.05, 0.1) is 6.61 Å². The first-order chi connectivity index (χ1) is 9.83. The van der Waals surface area contributed by atoms with E-state index in [1.54, 1.807) is 0 Å². The Balaban J connectivity index is 2.08. The van der Waals surface area contributed by atoms with Gasteiger partial charge in [-0.2, -0.15) is 0 Å². The first-order valence-electron chi connectivity index (χ1n) is 6.95. The summed E-state index contributed by atoms with van der Waals surface area (Å²) in [6.45, 7) is 1.63. The summed E-state index contributed by atoms with van der Waals surface area (Å²) in [5.41, 5.74) is 1.04. The van der Waals surface area contributed by atoms with E-state index in [9.17, 15) is 0 Å². The van der Waals surface area contributed by atoms with Crippen molar-refractivity contribution in [3.05, 3.63) is 36.4 Å². The van der Waals surface area contributed by atoms with Crippen molar-refractivity contribution >= 4 is 16.5 Å². The summed E-state index contributed by atoms with van der Waals surface area (Å²) >= 11 is 0. The molecule has 4 heteroatoms. The number of hydrogen-bond donors (Lipinski definition) is 3. The molecule has 4 nitrogen and oxygen atoms in total. The van der Waals surface area contributed by atoms with Crippen LogP contribution in [-0.4, -0.2) is 36.6 Å². The molecule has 0 aliphatic carbocycles. The summed E-state index contributed by atoms with van der Waals surface area (Å²) in [5, 5.41) is 23.1. The highest BCUT2D eigenvalue weighted by Gasteiger charge is 2.00. The summed E-state index contributed by atoms with van der Waals surface area (Å²) in [4.78, 5) is 0. The molecule has 2 aromatic rings. The predicted molar refractivity (Wildman–Crippen MR) is 81.3 cm³/mol. The quantitative estimate of drug-likeness (QED) is 0.647. The zero-order chi connectivity index (χ0) is 14.2. The van der Waals surface area contributed by atoms with E-state index < -0.39 is 0 Å². The van der Waals surface area contributed by atoms with Gasteiger partial charge in [-0.3, -0.25) is 0 Å². The minimum Gasteiger partial charge on any atom is -0.493 e. The van der Waals surface area contributed by atoms with E-state index in [1.165, 1.54) is 0 Å². The molecule has 108 valence electrons. The molecule has 2 aromatic carbocycles. The molecule has 0 unspecified atom stereocenters. The highest BCUT2D eigenvalue weighted by atomic mass is 16.5. The van der Waals surface area contributed by atoms with Gasteiger partial charge in [0.15, 0.2) is 0 Å². The second-order valence-electron chi connectivity index (χ2n) is 4.65. The predicted octanol–water partition coefficient (Wildman–Crippen LogP) is 2.40. The van der Waals surface area contributed by atoms with E-state index in [0.29, 0.717) is 13.0 Å². The Bertz CT molecular complexity index is 497. The number of rotatable bonds is 8. The lowest BCUT2D eigenvalue weighted by atomic mass is 10.1. The van der Waals surface area contributed by atoms with E-state index in [-0.39, 0.29) is 13.2 Å². The van der Waals surface area contributed by atoms with Gasteiger partial charge in [-0.15, -0.1) is 0 Å². The monoisotopic (exact) mass is 275 g/mol. The fourth-order valence-corrected chi connectivity index (χ4v) is 1.99. The Kier molecular flexibility index (Phi) is 5.65. The molecule has 3 N–H and O–H groups in total. The zero-order valence-corrected chi connectivity index (χ0v) is 11.5. The maximum atomic E-state index is 8.78. The lowest BCUT2D eigenvalue weighted by molar-refractivity contribution is 0.234. The van der Waals surface area contributed by atoms with Gasteiger partial charge in [0.1, 0.15) is 5.75 Å². The largest absolute Gasteiger partial charge is 0.493 e. The van der Waals surface area contributed by atoms with E-state index >= 15 is 0 Å². The van der Waals surface area contributed by atoms with Gasteiger partial charge in [0, 0.05) is 31.9 Å². The van der Waals surface area contributed by atoms with Gasteiger partial charge in [0.25, 0.3) is 0 Å². The Labute approximate surface area is 119 Å². The van der Waals surface area contributed by atoms with Crippen LogP contribution in [0.2, 0.25) is 0 Å². The maximum absolute atomic E-state index is 8.78. The van der Waals surface area contributed by atoms with Crippen LogP contribution in [0.4, 0.5) is 5.69 Å². The number of benzene rings is 2. The summed E-state index contributed by atoms with van der Waals surface area (Å²) in [5.74, 6) is 0.818. The van der Waals surface area contributed by atoms with Crippen LogP contribution in [0.25, 0.3) is 10.8 Å². The van der Waals surface area contributed by atoms with Crippen LogP contribution in [0.3, 0.4) is 0 Å². The van der Waals surface area contributed by atoms with E-state index in [0.717, 1.165) is 35.2 Å². The molecule has 0 saturated carbocycles. The third-order valence-corrected chi connectivity index (χ3v) is 3.05.